The van der Waals surface area contributed by atoms with Gasteiger partial charge >= 0.3 is 6.03 Å². The predicted octanol–water partition coefficient (Wildman–Crippen LogP) is 7.86. The Balaban J connectivity index is 1.52. The van der Waals surface area contributed by atoms with Crippen LogP contribution in [0.4, 0.5) is 16.2 Å². The first-order valence-electron chi connectivity index (χ1n) is 13.0. The number of hydrogen-bond donors (Lipinski definition) is 1. The van der Waals surface area contributed by atoms with Crippen LogP contribution in [0.25, 0.3) is 5.69 Å². The molecule has 0 spiro atoms. The molecule has 6 nitrogen and oxygen atoms in total. The largest absolute Gasteiger partial charge is 0.322 e. The van der Waals surface area contributed by atoms with Crippen LogP contribution < -0.4 is 10.2 Å². The molecule has 0 radical (unpaired) electrons. The van der Waals surface area contributed by atoms with Gasteiger partial charge in [-0.05, 0) is 55.3 Å². The average molecular weight is 562 g/mol. The van der Waals surface area contributed by atoms with Crippen LogP contribution in [0.3, 0.4) is 0 Å². The highest BCUT2D eigenvalue weighted by molar-refractivity contribution is 6.39. The van der Waals surface area contributed by atoms with E-state index in [0.29, 0.717) is 22.3 Å². The minimum Gasteiger partial charge on any atom is -0.316 e. The fourth-order valence-corrected chi connectivity index (χ4v) is 5.55. The number of hydrogen-bond acceptors (Lipinski definition) is 2. The van der Waals surface area contributed by atoms with Crippen LogP contribution in [0.2, 0.25) is 10.0 Å². The van der Waals surface area contributed by atoms with Gasteiger partial charge in [0, 0.05) is 12.7 Å². The summed E-state index contributed by atoms with van der Waals surface area (Å²) in [5.41, 5.74) is 5.14. The Labute approximate surface area is 238 Å². The molecule has 1 N–H and O–H groups in total. The number of anilines is 2. The van der Waals surface area contributed by atoms with Gasteiger partial charge < -0.3 is 14.8 Å². The molecule has 1 aromatic heterocycles. The number of nitrogens with one attached hydrogen (secondary N) is 1. The van der Waals surface area contributed by atoms with Crippen LogP contribution in [-0.2, 0) is 4.79 Å². The minimum absolute atomic E-state index is 0.106. The number of rotatable bonds is 7. The van der Waals surface area contributed by atoms with E-state index in [1.165, 1.54) is 4.90 Å². The summed E-state index contributed by atoms with van der Waals surface area (Å²) in [6.07, 6.45) is 3.64. The molecule has 0 fully saturated rings. The van der Waals surface area contributed by atoms with Gasteiger partial charge in [0.15, 0.2) is 0 Å². The lowest BCUT2D eigenvalue weighted by molar-refractivity contribution is -0.119. The number of carbonyl (C=O) groups is 2. The van der Waals surface area contributed by atoms with E-state index in [1.54, 1.807) is 18.2 Å². The number of carbonyl (C=O) groups excluding carboxylic acids is 2. The zero-order chi connectivity index (χ0) is 27.5. The summed E-state index contributed by atoms with van der Waals surface area (Å²) in [5, 5.41) is 3.50. The van der Waals surface area contributed by atoms with Gasteiger partial charge in [-0.2, -0.15) is 0 Å². The molecule has 8 heteroatoms. The zero-order valence-electron chi connectivity index (χ0n) is 21.9. The lowest BCUT2D eigenvalue weighted by atomic mass is 9.96. The normalized spacial score (nSPS) is 13.9. The van der Waals surface area contributed by atoms with Gasteiger partial charge in [-0.3, -0.25) is 9.69 Å². The summed E-state index contributed by atoms with van der Waals surface area (Å²) < 4.78 is 2.13. The molecule has 5 rings (SSSR count). The van der Waals surface area contributed by atoms with Crippen LogP contribution in [0, 0.1) is 6.92 Å². The number of benzene rings is 3. The van der Waals surface area contributed by atoms with Gasteiger partial charge in [-0.25, -0.2) is 4.79 Å². The van der Waals surface area contributed by atoms with Gasteiger partial charge in [0.2, 0.25) is 5.91 Å². The molecule has 1 aliphatic heterocycles. The van der Waals surface area contributed by atoms with Crippen LogP contribution in [-0.4, -0.2) is 34.5 Å². The van der Waals surface area contributed by atoms with Gasteiger partial charge in [-0.1, -0.05) is 84.6 Å². The molecule has 3 aromatic carbocycles. The Morgan fingerprint density at radius 3 is 2.36 bits per heavy atom. The van der Waals surface area contributed by atoms with Crippen LogP contribution in [0.5, 0.6) is 0 Å². The van der Waals surface area contributed by atoms with Crippen molar-refractivity contribution in [1.29, 1.82) is 0 Å². The highest BCUT2D eigenvalue weighted by Gasteiger charge is 2.37. The predicted molar refractivity (Wildman–Crippen MR) is 158 cm³/mol. The molecule has 0 bridgehead atoms. The maximum atomic E-state index is 14.3. The number of fused-ring (bicyclic) bond motifs is 3. The van der Waals surface area contributed by atoms with Crippen molar-refractivity contribution in [3.05, 3.63) is 112 Å². The van der Waals surface area contributed by atoms with E-state index in [1.807, 2.05) is 79.5 Å². The number of urea groups is 1. The summed E-state index contributed by atoms with van der Waals surface area (Å²) in [4.78, 5) is 31.1. The third kappa shape index (κ3) is 5.40. The zero-order valence-corrected chi connectivity index (χ0v) is 23.4. The van der Waals surface area contributed by atoms with E-state index in [0.717, 1.165) is 41.0 Å². The maximum Gasteiger partial charge on any atom is 0.322 e. The van der Waals surface area contributed by atoms with Gasteiger partial charge in [0.05, 0.1) is 32.8 Å². The molecule has 1 atom stereocenters. The molecule has 1 unspecified atom stereocenters. The summed E-state index contributed by atoms with van der Waals surface area (Å²) >= 11 is 12.6. The van der Waals surface area contributed by atoms with Crippen molar-refractivity contribution in [1.82, 2.24) is 9.47 Å². The van der Waals surface area contributed by atoms with Crippen molar-refractivity contribution in [2.75, 3.05) is 23.3 Å². The van der Waals surface area contributed by atoms with E-state index >= 15 is 0 Å². The molecule has 0 aliphatic carbocycles. The van der Waals surface area contributed by atoms with Crippen LogP contribution in [0.1, 0.15) is 42.6 Å². The minimum atomic E-state index is -0.424. The Hall–Kier alpha value is -3.74. The van der Waals surface area contributed by atoms with Crippen molar-refractivity contribution in [3.63, 3.8) is 0 Å². The second kappa shape index (κ2) is 11.6. The molecule has 4 aromatic rings. The fraction of sp³-hybridized carbons (Fsp3) is 0.226. The summed E-state index contributed by atoms with van der Waals surface area (Å²) in [6.45, 7) is 4.40. The lowest BCUT2D eigenvalue weighted by Gasteiger charge is -2.39. The number of aromatic nitrogens is 1. The van der Waals surface area contributed by atoms with Crippen molar-refractivity contribution in [2.45, 2.75) is 32.7 Å². The molecule has 2 heterocycles. The second-order valence-corrected chi connectivity index (χ2v) is 10.5. The monoisotopic (exact) mass is 560 g/mol. The van der Waals surface area contributed by atoms with Crippen LogP contribution in [0.15, 0.2) is 85.1 Å². The molecule has 0 saturated heterocycles. The Kier molecular flexibility index (Phi) is 7.96. The SMILES string of the molecule is CCCCN(CC(=O)N1c2ccccc2-n2cccc2C1c1cccc(C)c1)C(=O)Nc1c(Cl)cccc1Cl. The molecule has 200 valence electrons. The lowest BCUT2D eigenvalue weighted by Crippen LogP contribution is -2.48. The first kappa shape index (κ1) is 26.9. The second-order valence-electron chi connectivity index (χ2n) is 9.67. The van der Waals surface area contributed by atoms with Crippen molar-refractivity contribution in [2.24, 2.45) is 0 Å². The topological polar surface area (TPSA) is 57.6 Å². The molecular weight excluding hydrogens is 531 g/mol. The molecule has 3 amide bonds. The third-order valence-electron chi connectivity index (χ3n) is 6.94. The van der Waals surface area contributed by atoms with Gasteiger partial charge in [-0.15, -0.1) is 0 Å². The van der Waals surface area contributed by atoms with Gasteiger partial charge in [0.25, 0.3) is 0 Å². The third-order valence-corrected chi connectivity index (χ3v) is 7.57. The van der Waals surface area contributed by atoms with Crippen LogP contribution >= 0.6 is 23.2 Å². The maximum absolute atomic E-state index is 14.3. The number of aryl methyl sites for hydroxylation is 1. The highest BCUT2D eigenvalue weighted by Crippen LogP contribution is 2.42. The Morgan fingerprint density at radius 1 is 0.923 bits per heavy atom. The summed E-state index contributed by atoms with van der Waals surface area (Å²) in [7, 11) is 0. The first-order valence-corrected chi connectivity index (χ1v) is 13.8. The summed E-state index contributed by atoms with van der Waals surface area (Å²) in [5.74, 6) is -0.182. The molecule has 39 heavy (non-hydrogen) atoms. The fourth-order valence-electron chi connectivity index (χ4n) is 5.06. The molecule has 1 aliphatic rings. The van der Waals surface area contributed by atoms with E-state index in [9.17, 15) is 9.59 Å². The quantitative estimate of drug-likeness (QED) is 0.250. The Morgan fingerprint density at radius 2 is 1.64 bits per heavy atom. The van der Waals surface area contributed by atoms with E-state index in [2.05, 4.69) is 16.0 Å². The number of amides is 3. The summed E-state index contributed by atoms with van der Waals surface area (Å²) in [6, 6.07) is 24.4. The van der Waals surface area contributed by atoms with E-state index in [4.69, 9.17) is 23.2 Å². The highest BCUT2D eigenvalue weighted by atomic mass is 35.5. The van der Waals surface area contributed by atoms with Crippen molar-refractivity contribution >= 4 is 46.5 Å². The van der Waals surface area contributed by atoms with Crippen molar-refractivity contribution in [3.8, 4) is 5.69 Å². The number of halogens is 2. The standard InChI is InChI=1S/C31H30Cl2N4O2/c1-3-4-17-35(31(39)34-29-23(32)12-8-13-24(29)33)20-28(38)37-26-15-6-5-14-25(26)36-18-9-16-27(36)30(37)22-11-7-10-21(2)19-22/h5-16,18-19,30H,3-4,17,20H2,1-2H3,(H,34,39). The number of nitrogens with zero attached hydrogens (tertiary/aromatic N) is 3. The van der Waals surface area contributed by atoms with E-state index in [-0.39, 0.29) is 18.5 Å². The smallest absolute Gasteiger partial charge is 0.316 e. The molecular formula is C31H30Cl2N4O2. The first-order chi connectivity index (χ1) is 18.9. The van der Waals surface area contributed by atoms with E-state index < -0.39 is 6.03 Å². The average Bonchev–Trinajstić information content (AvgIpc) is 3.42. The number of para-hydroxylation sites is 3. The molecule has 0 saturated carbocycles. The van der Waals surface area contributed by atoms with Crippen molar-refractivity contribution < 1.29 is 9.59 Å². The Bertz CT molecular complexity index is 1500. The van der Waals surface area contributed by atoms with Gasteiger partial charge in [0.1, 0.15) is 12.6 Å². The number of unbranched alkanes of at least 4 members (excludes halogenated alkanes) is 1.